The molecule has 2 fully saturated rings. The normalized spacial score (nSPS) is 24.7. The molecule has 1 saturated heterocycles. The fraction of sp³-hybridized carbons (Fsp3) is 0.611. The fourth-order valence-electron chi connectivity index (χ4n) is 3.80. The molecular weight excluding hydrogens is 310 g/mol. The predicted octanol–water partition coefficient (Wildman–Crippen LogP) is 3.61. The quantitative estimate of drug-likeness (QED) is 0.829. The zero-order chi connectivity index (χ0) is 15.6. The average Bonchev–Trinajstić information content (AvgIpc) is 3.20. The molecule has 1 atom stereocenters. The second-order valence-electron chi connectivity index (χ2n) is 6.57. The van der Waals surface area contributed by atoms with Crippen molar-refractivity contribution in [3.05, 3.63) is 23.8 Å². The van der Waals surface area contributed by atoms with Crippen LogP contribution in [-0.4, -0.2) is 36.4 Å². The van der Waals surface area contributed by atoms with E-state index in [9.17, 15) is 4.79 Å². The second-order valence-corrected chi connectivity index (χ2v) is 7.88. The molecular formula is C18H23NO3S. The minimum Gasteiger partial charge on any atom is -0.454 e. The van der Waals surface area contributed by atoms with Gasteiger partial charge in [0.15, 0.2) is 11.5 Å². The fourth-order valence-corrected chi connectivity index (χ4v) is 5.02. The molecule has 2 heterocycles. The van der Waals surface area contributed by atoms with E-state index < -0.39 is 0 Å². The lowest BCUT2D eigenvalue weighted by Crippen LogP contribution is -2.36. The summed E-state index contributed by atoms with van der Waals surface area (Å²) in [6.07, 6.45) is 5.64. The summed E-state index contributed by atoms with van der Waals surface area (Å²) in [5.74, 6) is 3.39. The largest absolute Gasteiger partial charge is 0.454 e. The summed E-state index contributed by atoms with van der Waals surface area (Å²) in [5.41, 5.74) is 1.29. The molecule has 0 radical (unpaired) electrons. The second kappa shape index (κ2) is 6.63. The van der Waals surface area contributed by atoms with Crippen LogP contribution in [0.15, 0.2) is 18.2 Å². The van der Waals surface area contributed by atoms with Gasteiger partial charge in [-0.25, -0.2) is 0 Å². The van der Waals surface area contributed by atoms with Crippen LogP contribution in [0.4, 0.5) is 0 Å². The Morgan fingerprint density at radius 2 is 1.91 bits per heavy atom. The molecule has 0 N–H and O–H groups in total. The molecule has 3 aliphatic rings. The first kappa shape index (κ1) is 15.2. The molecule has 124 valence electrons. The molecule has 1 aromatic carbocycles. The molecule has 4 nitrogen and oxygen atoms in total. The van der Waals surface area contributed by atoms with Crippen LogP contribution in [-0.2, 0) is 4.79 Å². The van der Waals surface area contributed by atoms with E-state index in [-0.39, 0.29) is 0 Å². The number of thioether (sulfide) groups is 1. The van der Waals surface area contributed by atoms with Crippen molar-refractivity contribution in [1.82, 2.24) is 4.90 Å². The SMILES string of the molecule is O=C(C1CCCC1)N1CCSC(c2ccc3c(c2)OCO3)CC1. The molecule has 0 bridgehead atoms. The number of amides is 1. The van der Waals surface area contributed by atoms with E-state index in [4.69, 9.17) is 9.47 Å². The third kappa shape index (κ3) is 3.16. The summed E-state index contributed by atoms with van der Waals surface area (Å²) in [7, 11) is 0. The summed E-state index contributed by atoms with van der Waals surface area (Å²) in [5, 5.41) is 0.436. The van der Waals surface area contributed by atoms with E-state index in [1.54, 1.807) is 0 Å². The number of nitrogens with zero attached hydrogens (tertiary/aromatic N) is 1. The smallest absolute Gasteiger partial charge is 0.231 e. The van der Waals surface area contributed by atoms with Gasteiger partial charge in [-0.2, -0.15) is 11.8 Å². The van der Waals surface area contributed by atoms with Gasteiger partial charge in [-0.3, -0.25) is 4.79 Å². The molecule has 4 rings (SSSR count). The minimum atomic E-state index is 0.294. The lowest BCUT2D eigenvalue weighted by molar-refractivity contribution is -0.135. The van der Waals surface area contributed by atoms with Crippen molar-refractivity contribution in [3.63, 3.8) is 0 Å². The summed E-state index contributed by atoms with van der Waals surface area (Å²) >= 11 is 1.96. The van der Waals surface area contributed by atoms with Crippen LogP contribution >= 0.6 is 11.8 Å². The van der Waals surface area contributed by atoms with Crippen molar-refractivity contribution >= 4 is 17.7 Å². The Morgan fingerprint density at radius 3 is 2.78 bits per heavy atom. The van der Waals surface area contributed by atoms with Crippen molar-refractivity contribution in [3.8, 4) is 11.5 Å². The molecule has 2 aliphatic heterocycles. The van der Waals surface area contributed by atoms with Gasteiger partial charge in [0.1, 0.15) is 0 Å². The molecule has 0 aromatic heterocycles. The first-order valence-corrected chi connectivity index (χ1v) is 9.66. The van der Waals surface area contributed by atoms with E-state index in [0.29, 0.717) is 23.9 Å². The van der Waals surface area contributed by atoms with Crippen molar-refractivity contribution < 1.29 is 14.3 Å². The summed E-state index contributed by atoms with van der Waals surface area (Å²) < 4.78 is 10.9. The van der Waals surface area contributed by atoms with Gasteiger partial charge in [0.25, 0.3) is 0 Å². The zero-order valence-electron chi connectivity index (χ0n) is 13.3. The van der Waals surface area contributed by atoms with Crippen molar-refractivity contribution in [2.45, 2.75) is 37.4 Å². The Kier molecular flexibility index (Phi) is 4.38. The number of benzene rings is 1. The van der Waals surface area contributed by atoms with Crippen LogP contribution < -0.4 is 9.47 Å². The van der Waals surface area contributed by atoms with E-state index in [1.807, 2.05) is 17.8 Å². The number of carbonyl (C=O) groups excluding carboxylic acids is 1. The van der Waals surface area contributed by atoms with Gasteiger partial charge in [0.2, 0.25) is 12.7 Å². The van der Waals surface area contributed by atoms with E-state index >= 15 is 0 Å². The van der Waals surface area contributed by atoms with Crippen molar-refractivity contribution in [2.24, 2.45) is 5.92 Å². The molecule has 1 amide bonds. The maximum atomic E-state index is 12.6. The molecule has 0 spiro atoms. The summed E-state index contributed by atoms with van der Waals surface area (Å²) in [6, 6.07) is 6.25. The Labute approximate surface area is 141 Å². The molecule has 1 saturated carbocycles. The predicted molar refractivity (Wildman–Crippen MR) is 90.9 cm³/mol. The Bertz CT molecular complexity index is 586. The number of ether oxygens (including phenoxy) is 2. The van der Waals surface area contributed by atoms with Gasteiger partial charge >= 0.3 is 0 Å². The molecule has 1 aliphatic carbocycles. The summed E-state index contributed by atoms with van der Waals surface area (Å²) in [4.78, 5) is 14.7. The van der Waals surface area contributed by atoms with E-state index in [1.165, 1.54) is 18.4 Å². The minimum absolute atomic E-state index is 0.294. The standard InChI is InChI=1S/C18H23NO3S/c20-18(13-3-1-2-4-13)19-8-7-17(23-10-9-19)14-5-6-15-16(11-14)22-12-21-15/h5-6,11,13,17H,1-4,7-10,12H2. The van der Waals surface area contributed by atoms with Crippen LogP contribution in [0.3, 0.4) is 0 Å². The first-order valence-electron chi connectivity index (χ1n) is 8.61. The highest BCUT2D eigenvalue weighted by Gasteiger charge is 2.29. The van der Waals surface area contributed by atoms with Gasteiger partial charge in [-0.15, -0.1) is 0 Å². The molecule has 5 heteroatoms. The van der Waals surface area contributed by atoms with Crippen LogP contribution in [0.25, 0.3) is 0 Å². The van der Waals surface area contributed by atoms with Crippen LogP contribution in [0, 0.1) is 5.92 Å². The Balaban J connectivity index is 1.41. The maximum absolute atomic E-state index is 12.6. The van der Waals surface area contributed by atoms with Crippen LogP contribution in [0.2, 0.25) is 0 Å². The lowest BCUT2D eigenvalue weighted by Gasteiger charge is -2.23. The highest BCUT2D eigenvalue weighted by Crippen LogP contribution is 2.40. The van der Waals surface area contributed by atoms with Gasteiger partial charge in [-0.1, -0.05) is 18.9 Å². The van der Waals surface area contributed by atoms with E-state index in [0.717, 1.165) is 49.6 Å². The van der Waals surface area contributed by atoms with Gasteiger partial charge in [0, 0.05) is 30.0 Å². The zero-order valence-corrected chi connectivity index (χ0v) is 14.1. The Morgan fingerprint density at radius 1 is 1.09 bits per heavy atom. The molecule has 1 aromatic rings. The highest BCUT2D eigenvalue weighted by atomic mass is 32.2. The average molecular weight is 333 g/mol. The van der Waals surface area contributed by atoms with Crippen molar-refractivity contribution in [2.75, 3.05) is 25.6 Å². The summed E-state index contributed by atoms with van der Waals surface area (Å²) in [6.45, 7) is 2.09. The number of hydrogen-bond donors (Lipinski definition) is 0. The van der Waals surface area contributed by atoms with Crippen molar-refractivity contribution in [1.29, 1.82) is 0 Å². The monoisotopic (exact) mass is 333 g/mol. The van der Waals surface area contributed by atoms with Gasteiger partial charge in [-0.05, 0) is 37.0 Å². The third-order valence-electron chi connectivity index (χ3n) is 5.13. The molecule has 1 unspecified atom stereocenters. The first-order chi connectivity index (χ1) is 11.3. The highest BCUT2D eigenvalue weighted by molar-refractivity contribution is 7.99. The lowest BCUT2D eigenvalue weighted by atomic mass is 10.1. The van der Waals surface area contributed by atoms with Crippen LogP contribution in [0.5, 0.6) is 11.5 Å². The van der Waals surface area contributed by atoms with Crippen LogP contribution in [0.1, 0.15) is 42.9 Å². The topological polar surface area (TPSA) is 38.8 Å². The maximum Gasteiger partial charge on any atom is 0.231 e. The van der Waals surface area contributed by atoms with Gasteiger partial charge in [0.05, 0.1) is 0 Å². The number of rotatable bonds is 2. The van der Waals surface area contributed by atoms with Gasteiger partial charge < -0.3 is 14.4 Å². The number of hydrogen-bond acceptors (Lipinski definition) is 4. The third-order valence-corrected chi connectivity index (χ3v) is 6.45. The molecule has 23 heavy (non-hydrogen) atoms. The Hall–Kier alpha value is -1.36. The van der Waals surface area contributed by atoms with E-state index in [2.05, 4.69) is 17.0 Å². The number of carbonyl (C=O) groups is 1. The number of fused-ring (bicyclic) bond motifs is 1.